The van der Waals surface area contributed by atoms with Gasteiger partial charge in [0, 0.05) is 5.56 Å². The summed E-state index contributed by atoms with van der Waals surface area (Å²) in [7, 11) is 0. The number of benzene rings is 2. The molecule has 0 aliphatic carbocycles. The van der Waals surface area contributed by atoms with Crippen molar-refractivity contribution in [1.29, 1.82) is 0 Å². The van der Waals surface area contributed by atoms with Crippen LogP contribution in [0, 0.1) is 17.5 Å². The lowest BCUT2D eigenvalue weighted by molar-refractivity contribution is -0.118. The Morgan fingerprint density at radius 1 is 1.00 bits per heavy atom. The molecule has 0 atom stereocenters. The minimum atomic E-state index is -0.759. The van der Waals surface area contributed by atoms with Gasteiger partial charge < -0.3 is 4.74 Å². The zero-order valence-corrected chi connectivity index (χ0v) is 15.1. The molecule has 2 aromatic carbocycles. The first-order chi connectivity index (χ1) is 13.5. The van der Waals surface area contributed by atoms with E-state index in [1.54, 1.807) is 6.07 Å². The highest BCUT2D eigenvalue weighted by atomic mass is 32.2. The lowest BCUT2D eigenvalue weighted by atomic mass is 10.2. The molecule has 28 heavy (non-hydrogen) atoms. The van der Waals surface area contributed by atoms with Crippen molar-refractivity contribution in [2.75, 3.05) is 10.8 Å². The molecule has 144 valence electrons. The van der Waals surface area contributed by atoms with Crippen molar-refractivity contribution in [2.45, 2.75) is 18.3 Å². The van der Waals surface area contributed by atoms with Gasteiger partial charge in [0.15, 0.2) is 17.4 Å². The topological polar surface area (TPSA) is 60.2 Å². The molecule has 6 nitrogen and oxygen atoms in total. The standard InChI is InChI=1S/C18H13F3N4O2S/c19-12-5-3-6-13(20)11(12)8-24-17(26)10-28-18-23-22-16(25(18)24)9-27-15-7-2-1-4-14(15)21/h1-7H,8-10H2. The lowest BCUT2D eigenvalue weighted by Crippen LogP contribution is -2.45. The number of rotatable bonds is 5. The SMILES string of the molecule is O=C1CSc2nnc(COc3ccccc3F)n2N1Cc1c(F)cccc1F. The predicted octanol–water partition coefficient (Wildman–Crippen LogP) is 3.04. The smallest absolute Gasteiger partial charge is 0.252 e. The van der Waals surface area contributed by atoms with E-state index >= 15 is 0 Å². The first kappa shape index (κ1) is 18.4. The van der Waals surface area contributed by atoms with Crippen molar-refractivity contribution in [1.82, 2.24) is 14.9 Å². The van der Waals surface area contributed by atoms with Gasteiger partial charge in [0.2, 0.25) is 5.16 Å². The van der Waals surface area contributed by atoms with Gasteiger partial charge >= 0.3 is 0 Å². The van der Waals surface area contributed by atoms with Gasteiger partial charge in [-0.1, -0.05) is 30.0 Å². The first-order valence-electron chi connectivity index (χ1n) is 8.22. The van der Waals surface area contributed by atoms with E-state index in [0.29, 0.717) is 5.16 Å². The molecule has 4 rings (SSSR count). The Morgan fingerprint density at radius 3 is 2.46 bits per heavy atom. The van der Waals surface area contributed by atoms with Crippen molar-refractivity contribution in [3.05, 3.63) is 71.3 Å². The number of hydrogen-bond acceptors (Lipinski definition) is 5. The second-order valence-corrected chi connectivity index (χ2v) is 6.81. The molecular formula is C18H13F3N4O2S. The van der Waals surface area contributed by atoms with E-state index < -0.39 is 17.5 Å². The van der Waals surface area contributed by atoms with Crippen LogP contribution in [0.4, 0.5) is 13.2 Å². The number of fused-ring (bicyclic) bond motifs is 1. The van der Waals surface area contributed by atoms with Crippen LogP contribution in [0.2, 0.25) is 0 Å². The van der Waals surface area contributed by atoms with Crippen LogP contribution in [0.25, 0.3) is 0 Å². The number of carbonyl (C=O) groups is 1. The maximum atomic E-state index is 14.1. The zero-order chi connectivity index (χ0) is 19.7. The van der Waals surface area contributed by atoms with Gasteiger partial charge in [-0.3, -0.25) is 4.79 Å². The van der Waals surface area contributed by atoms with E-state index in [0.717, 1.165) is 28.9 Å². The summed E-state index contributed by atoms with van der Waals surface area (Å²) in [5.74, 6) is -2.15. The monoisotopic (exact) mass is 406 g/mol. The Bertz CT molecular complexity index is 1020. The van der Waals surface area contributed by atoms with E-state index in [1.807, 2.05) is 0 Å². The Balaban J connectivity index is 1.64. The van der Waals surface area contributed by atoms with Crippen molar-refractivity contribution in [3.8, 4) is 5.75 Å². The van der Waals surface area contributed by atoms with Crippen LogP contribution in [0.5, 0.6) is 5.75 Å². The molecule has 1 amide bonds. The summed E-state index contributed by atoms with van der Waals surface area (Å²) in [5, 5.41) is 9.50. The summed E-state index contributed by atoms with van der Waals surface area (Å²) in [5.41, 5.74) is -0.247. The highest BCUT2D eigenvalue weighted by molar-refractivity contribution is 7.99. The Morgan fingerprint density at radius 2 is 1.71 bits per heavy atom. The van der Waals surface area contributed by atoms with Crippen LogP contribution in [0.1, 0.15) is 11.4 Å². The minimum absolute atomic E-state index is 0.0151. The lowest BCUT2D eigenvalue weighted by Gasteiger charge is -2.29. The molecule has 1 aliphatic rings. The second kappa shape index (κ2) is 7.55. The van der Waals surface area contributed by atoms with Gasteiger partial charge in [-0.15, -0.1) is 10.2 Å². The average Bonchev–Trinajstić information content (AvgIpc) is 3.09. The van der Waals surface area contributed by atoms with E-state index in [4.69, 9.17) is 4.74 Å². The van der Waals surface area contributed by atoms with Crippen molar-refractivity contribution in [3.63, 3.8) is 0 Å². The number of thioether (sulfide) groups is 1. The number of amides is 1. The molecule has 0 fully saturated rings. The van der Waals surface area contributed by atoms with Gasteiger partial charge in [-0.25, -0.2) is 22.9 Å². The van der Waals surface area contributed by atoms with Crippen LogP contribution in [0.15, 0.2) is 47.6 Å². The van der Waals surface area contributed by atoms with Crippen LogP contribution in [0.3, 0.4) is 0 Å². The first-order valence-corrected chi connectivity index (χ1v) is 9.21. The molecular weight excluding hydrogens is 393 g/mol. The number of carbonyl (C=O) groups excluding carboxylic acids is 1. The van der Waals surface area contributed by atoms with Crippen molar-refractivity contribution in [2.24, 2.45) is 0 Å². The Kier molecular flexibility index (Phi) is 4.95. The summed E-state index contributed by atoms with van der Waals surface area (Å²) < 4.78 is 48.7. The maximum absolute atomic E-state index is 14.1. The van der Waals surface area contributed by atoms with E-state index in [-0.39, 0.29) is 41.9 Å². The fourth-order valence-electron chi connectivity index (χ4n) is 2.73. The van der Waals surface area contributed by atoms with Gasteiger partial charge in [0.1, 0.15) is 18.2 Å². The summed E-state index contributed by atoms with van der Waals surface area (Å²) in [6.07, 6.45) is 0. The molecule has 0 saturated heterocycles. The largest absolute Gasteiger partial charge is 0.482 e. The molecule has 0 spiro atoms. The van der Waals surface area contributed by atoms with Gasteiger partial charge in [0.05, 0.1) is 12.3 Å². The third-order valence-corrected chi connectivity index (χ3v) is 5.00. The van der Waals surface area contributed by atoms with E-state index in [9.17, 15) is 18.0 Å². The zero-order valence-electron chi connectivity index (χ0n) is 14.3. The normalized spacial score (nSPS) is 13.5. The number of para-hydroxylation sites is 1. The maximum Gasteiger partial charge on any atom is 0.252 e. The molecule has 0 unspecified atom stereocenters. The third-order valence-electron chi connectivity index (χ3n) is 4.09. The summed E-state index contributed by atoms with van der Waals surface area (Å²) in [6.45, 7) is -0.520. The van der Waals surface area contributed by atoms with Crippen LogP contribution in [-0.2, 0) is 17.9 Å². The molecule has 1 aromatic heterocycles. The van der Waals surface area contributed by atoms with Gasteiger partial charge in [-0.2, -0.15) is 0 Å². The number of ether oxygens (including phenoxy) is 1. The second-order valence-electron chi connectivity index (χ2n) is 5.87. The highest BCUT2D eigenvalue weighted by Crippen LogP contribution is 2.26. The van der Waals surface area contributed by atoms with Crippen LogP contribution in [-0.4, -0.2) is 26.5 Å². The number of nitrogens with zero attached hydrogens (tertiary/aromatic N) is 4. The van der Waals surface area contributed by atoms with Gasteiger partial charge in [0.25, 0.3) is 5.91 Å². The van der Waals surface area contributed by atoms with Crippen LogP contribution < -0.4 is 9.75 Å². The summed E-state index contributed by atoms with van der Waals surface area (Å²) in [6, 6.07) is 9.34. The average molecular weight is 406 g/mol. The predicted molar refractivity (Wildman–Crippen MR) is 94.8 cm³/mol. The fraction of sp³-hybridized carbons (Fsp3) is 0.167. The molecule has 0 bridgehead atoms. The molecule has 3 aromatic rings. The third kappa shape index (κ3) is 3.42. The molecule has 0 N–H and O–H groups in total. The van der Waals surface area contributed by atoms with E-state index in [1.165, 1.54) is 28.9 Å². The summed E-state index contributed by atoms with van der Waals surface area (Å²) in [4.78, 5) is 12.4. The molecule has 1 aliphatic heterocycles. The molecule has 10 heteroatoms. The summed E-state index contributed by atoms with van der Waals surface area (Å²) >= 11 is 1.15. The number of hydrogen-bond donors (Lipinski definition) is 0. The highest BCUT2D eigenvalue weighted by Gasteiger charge is 2.30. The molecule has 0 radical (unpaired) electrons. The van der Waals surface area contributed by atoms with Crippen molar-refractivity contribution >= 4 is 17.7 Å². The Labute approximate surface area is 161 Å². The van der Waals surface area contributed by atoms with Crippen molar-refractivity contribution < 1.29 is 22.7 Å². The quantitative estimate of drug-likeness (QED) is 0.652. The fourth-order valence-corrected chi connectivity index (χ4v) is 3.55. The molecule has 2 heterocycles. The number of halogens is 3. The Hall–Kier alpha value is -3.01. The minimum Gasteiger partial charge on any atom is -0.482 e. The van der Waals surface area contributed by atoms with Crippen LogP contribution >= 0.6 is 11.8 Å². The number of aromatic nitrogens is 3. The van der Waals surface area contributed by atoms with E-state index in [2.05, 4.69) is 10.2 Å². The van der Waals surface area contributed by atoms with Gasteiger partial charge in [-0.05, 0) is 24.3 Å². The molecule has 0 saturated carbocycles.